The quantitative estimate of drug-likeness (QED) is 0.513. The van der Waals surface area contributed by atoms with Gasteiger partial charge < -0.3 is 14.6 Å². The number of aryl methyl sites for hydroxylation is 1. The summed E-state index contributed by atoms with van der Waals surface area (Å²) >= 11 is 0. The molecule has 2 rings (SSSR count). The number of benzene rings is 2. The maximum absolute atomic E-state index is 11.9. The van der Waals surface area contributed by atoms with Crippen LogP contribution in [0.15, 0.2) is 48.5 Å². The minimum Gasteiger partial charge on any atom is -0.508 e. The highest BCUT2D eigenvalue weighted by Gasteiger charge is 2.15. The molecule has 2 aromatic carbocycles. The van der Waals surface area contributed by atoms with Crippen molar-refractivity contribution in [3.8, 4) is 23.3 Å². The van der Waals surface area contributed by atoms with Crippen molar-refractivity contribution in [2.45, 2.75) is 40.0 Å². The average molecular weight is 380 g/mol. The Morgan fingerprint density at radius 2 is 1.61 bits per heavy atom. The average Bonchev–Trinajstić information content (AvgIpc) is 2.67. The first-order valence-corrected chi connectivity index (χ1v) is 9.47. The lowest BCUT2D eigenvalue weighted by molar-refractivity contribution is -0.143. The first kappa shape index (κ1) is 21.4. The number of carbonyl (C=O) groups is 1. The van der Waals surface area contributed by atoms with Crippen LogP contribution in [-0.4, -0.2) is 24.3 Å². The van der Waals surface area contributed by atoms with Crippen LogP contribution >= 0.6 is 0 Å². The molecule has 28 heavy (non-hydrogen) atoms. The van der Waals surface area contributed by atoms with Gasteiger partial charge in [0.25, 0.3) is 0 Å². The smallest absolute Gasteiger partial charge is 0.306 e. The van der Waals surface area contributed by atoms with Gasteiger partial charge in [0.05, 0.1) is 12.0 Å². The number of aromatic hydroxyl groups is 1. The Morgan fingerprint density at radius 3 is 2.25 bits per heavy atom. The maximum atomic E-state index is 11.9. The Hall–Kier alpha value is -2.93. The minimum atomic E-state index is -0.215. The molecule has 4 heteroatoms. The zero-order valence-corrected chi connectivity index (χ0v) is 16.8. The van der Waals surface area contributed by atoms with E-state index in [0.717, 1.165) is 16.9 Å². The van der Waals surface area contributed by atoms with E-state index in [1.165, 1.54) is 0 Å². The van der Waals surface area contributed by atoms with Crippen LogP contribution in [0.5, 0.6) is 11.5 Å². The number of esters is 1. The Labute approximate surface area is 167 Å². The van der Waals surface area contributed by atoms with Crippen molar-refractivity contribution < 1.29 is 19.4 Å². The summed E-state index contributed by atoms with van der Waals surface area (Å²) in [6, 6.07) is 14.7. The van der Waals surface area contributed by atoms with E-state index >= 15 is 0 Å². The number of ether oxygens (including phenoxy) is 2. The monoisotopic (exact) mass is 380 g/mol. The predicted molar refractivity (Wildman–Crippen MR) is 110 cm³/mol. The molecular weight excluding hydrogens is 352 g/mol. The van der Waals surface area contributed by atoms with Gasteiger partial charge in [-0.15, -0.1) is 5.92 Å². The number of phenols is 1. The van der Waals surface area contributed by atoms with Gasteiger partial charge in [0.15, 0.2) is 0 Å². The summed E-state index contributed by atoms with van der Waals surface area (Å²) in [5.74, 6) is 6.87. The van der Waals surface area contributed by atoms with Crippen LogP contribution in [0.1, 0.15) is 38.3 Å². The summed E-state index contributed by atoms with van der Waals surface area (Å²) in [5.41, 5.74) is 1.91. The summed E-state index contributed by atoms with van der Waals surface area (Å²) in [4.78, 5) is 11.9. The number of carbonyl (C=O) groups excluding carboxylic acids is 1. The molecule has 148 valence electrons. The summed E-state index contributed by atoms with van der Waals surface area (Å²) < 4.78 is 11.1. The molecule has 0 saturated heterocycles. The van der Waals surface area contributed by atoms with Crippen molar-refractivity contribution in [1.82, 2.24) is 0 Å². The minimum absolute atomic E-state index is 0.179. The second-order valence-electron chi connectivity index (χ2n) is 7.33. The third kappa shape index (κ3) is 7.75. The predicted octanol–water partition coefficient (Wildman–Crippen LogP) is 4.54. The lowest BCUT2D eigenvalue weighted by Gasteiger charge is -2.18. The largest absolute Gasteiger partial charge is 0.508 e. The zero-order chi connectivity index (χ0) is 20.4. The van der Waals surface area contributed by atoms with Gasteiger partial charge in [0, 0.05) is 12.8 Å². The molecule has 0 aliphatic carbocycles. The van der Waals surface area contributed by atoms with E-state index in [4.69, 9.17) is 9.47 Å². The fourth-order valence-corrected chi connectivity index (χ4v) is 2.65. The van der Waals surface area contributed by atoms with Crippen molar-refractivity contribution in [2.75, 3.05) is 13.2 Å². The van der Waals surface area contributed by atoms with Gasteiger partial charge in [-0.2, -0.15) is 0 Å². The zero-order valence-electron chi connectivity index (χ0n) is 16.8. The van der Waals surface area contributed by atoms with Crippen LogP contribution in [0.3, 0.4) is 0 Å². The van der Waals surface area contributed by atoms with Gasteiger partial charge in [0.1, 0.15) is 18.1 Å². The molecule has 0 radical (unpaired) electrons. The highest BCUT2D eigenvalue weighted by molar-refractivity contribution is 5.69. The Kier molecular flexibility index (Phi) is 7.95. The first-order chi connectivity index (χ1) is 13.4. The second-order valence-corrected chi connectivity index (χ2v) is 7.33. The van der Waals surface area contributed by atoms with Crippen LogP contribution < -0.4 is 4.74 Å². The molecule has 2 aromatic rings. The lowest BCUT2D eigenvalue weighted by atomic mass is 9.96. The van der Waals surface area contributed by atoms with Gasteiger partial charge in [-0.1, -0.05) is 30.2 Å². The normalized spacial score (nSPS) is 10.7. The van der Waals surface area contributed by atoms with Gasteiger partial charge in [-0.05, 0) is 62.6 Å². The maximum Gasteiger partial charge on any atom is 0.306 e. The molecule has 0 bridgehead atoms. The van der Waals surface area contributed by atoms with E-state index in [9.17, 15) is 9.90 Å². The third-order valence-electron chi connectivity index (χ3n) is 4.19. The fourth-order valence-electron chi connectivity index (χ4n) is 2.65. The molecule has 0 heterocycles. The van der Waals surface area contributed by atoms with Crippen LogP contribution in [0.2, 0.25) is 0 Å². The molecule has 0 aromatic heterocycles. The molecule has 1 N–H and O–H groups in total. The SMILES string of the molecule is CC#CC(C)(C)COc1ccc(CCOC(=O)CCc2ccc(O)cc2)cc1. The molecule has 0 aliphatic rings. The molecule has 0 aliphatic heterocycles. The van der Waals surface area contributed by atoms with Gasteiger partial charge in [0.2, 0.25) is 0 Å². The van der Waals surface area contributed by atoms with E-state index in [1.54, 1.807) is 12.1 Å². The topological polar surface area (TPSA) is 55.8 Å². The first-order valence-electron chi connectivity index (χ1n) is 9.47. The second kappa shape index (κ2) is 10.4. The van der Waals surface area contributed by atoms with E-state index in [0.29, 0.717) is 32.5 Å². The van der Waals surface area contributed by atoms with Crippen LogP contribution in [0.4, 0.5) is 0 Å². The number of hydrogen-bond acceptors (Lipinski definition) is 4. The van der Waals surface area contributed by atoms with E-state index in [2.05, 4.69) is 11.8 Å². The molecule has 0 spiro atoms. The summed E-state index contributed by atoms with van der Waals surface area (Å²) in [6.07, 6.45) is 1.59. The van der Waals surface area contributed by atoms with Crippen molar-refractivity contribution in [1.29, 1.82) is 0 Å². The molecule has 0 unspecified atom stereocenters. The van der Waals surface area contributed by atoms with E-state index in [-0.39, 0.29) is 17.1 Å². The van der Waals surface area contributed by atoms with E-state index < -0.39 is 0 Å². The van der Waals surface area contributed by atoms with E-state index in [1.807, 2.05) is 57.2 Å². The van der Waals surface area contributed by atoms with Crippen molar-refractivity contribution in [3.63, 3.8) is 0 Å². The number of phenolic OH excluding ortho intramolecular Hbond substituents is 1. The Morgan fingerprint density at radius 1 is 1.00 bits per heavy atom. The molecule has 0 saturated carbocycles. The molecule has 4 nitrogen and oxygen atoms in total. The molecular formula is C24H28O4. The van der Waals surface area contributed by atoms with Crippen LogP contribution in [0, 0.1) is 17.3 Å². The highest BCUT2D eigenvalue weighted by atomic mass is 16.5. The van der Waals surface area contributed by atoms with Crippen molar-refractivity contribution in [2.24, 2.45) is 5.41 Å². The highest BCUT2D eigenvalue weighted by Crippen LogP contribution is 2.19. The molecule has 0 amide bonds. The lowest BCUT2D eigenvalue weighted by Crippen LogP contribution is -2.19. The van der Waals surface area contributed by atoms with Gasteiger partial charge in [-0.25, -0.2) is 0 Å². The van der Waals surface area contributed by atoms with Crippen LogP contribution in [-0.2, 0) is 22.4 Å². The Balaban J connectivity index is 1.68. The standard InChI is InChI=1S/C24H28O4/c1-4-16-24(2,3)18-28-22-12-7-20(8-13-22)15-17-27-23(26)14-9-19-5-10-21(25)11-6-19/h5-8,10-13,25H,9,14-15,17-18H2,1-3H3. The summed E-state index contributed by atoms with van der Waals surface area (Å²) in [7, 11) is 0. The van der Waals surface area contributed by atoms with Crippen molar-refractivity contribution >= 4 is 5.97 Å². The van der Waals surface area contributed by atoms with Crippen LogP contribution in [0.25, 0.3) is 0 Å². The molecule has 0 atom stereocenters. The number of rotatable bonds is 9. The summed E-state index contributed by atoms with van der Waals surface area (Å²) in [5, 5.41) is 9.26. The summed E-state index contributed by atoms with van der Waals surface area (Å²) in [6.45, 7) is 6.82. The fraction of sp³-hybridized carbons (Fsp3) is 0.375. The van der Waals surface area contributed by atoms with Crippen molar-refractivity contribution in [3.05, 3.63) is 59.7 Å². The third-order valence-corrected chi connectivity index (χ3v) is 4.19. The van der Waals surface area contributed by atoms with Gasteiger partial charge in [-0.3, -0.25) is 4.79 Å². The Bertz CT molecular complexity index is 808. The van der Waals surface area contributed by atoms with Gasteiger partial charge >= 0.3 is 5.97 Å². The number of hydrogen-bond donors (Lipinski definition) is 1. The molecule has 0 fully saturated rings.